The summed E-state index contributed by atoms with van der Waals surface area (Å²) in [7, 11) is 5.71. The Morgan fingerprint density at radius 3 is 2.58 bits per heavy atom. The van der Waals surface area contributed by atoms with Crippen LogP contribution in [0.3, 0.4) is 0 Å². The number of carbonyl (C=O) groups is 1. The second-order valence-electron chi connectivity index (χ2n) is 5.28. The van der Waals surface area contributed by atoms with Crippen LogP contribution in [0.1, 0.15) is 6.42 Å². The van der Waals surface area contributed by atoms with Crippen LogP contribution in [-0.4, -0.2) is 82.4 Å². The van der Waals surface area contributed by atoms with E-state index in [1.54, 1.807) is 7.11 Å². The van der Waals surface area contributed by atoms with Crippen molar-refractivity contribution in [3.05, 3.63) is 0 Å². The lowest BCUT2D eigenvalue weighted by molar-refractivity contribution is -0.136. The predicted octanol–water partition coefficient (Wildman–Crippen LogP) is -0.613. The molecule has 0 bridgehead atoms. The lowest BCUT2D eigenvalue weighted by atomic mass is 10.0. The number of rotatable bonds is 8. The molecule has 0 aromatic carbocycles. The number of hydrogen-bond donors (Lipinski definition) is 1. The third kappa shape index (κ3) is 5.44. The molecule has 0 aromatic rings. The molecule has 6 heteroatoms. The van der Waals surface area contributed by atoms with Gasteiger partial charge < -0.3 is 25.0 Å². The van der Waals surface area contributed by atoms with Crippen LogP contribution in [0.2, 0.25) is 0 Å². The van der Waals surface area contributed by atoms with Crippen LogP contribution in [0, 0.1) is 5.92 Å². The average Bonchev–Trinajstić information content (AvgIpc) is 2.78. The Balaban J connectivity index is 2.48. The van der Waals surface area contributed by atoms with Crippen molar-refractivity contribution in [2.75, 3.05) is 60.7 Å². The van der Waals surface area contributed by atoms with E-state index >= 15 is 0 Å². The number of methoxy groups -OCH3 is 1. The zero-order valence-electron chi connectivity index (χ0n) is 12.3. The van der Waals surface area contributed by atoms with Gasteiger partial charge in [-0.25, -0.2) is 0 Å². The number of ether oxygens (including phenoxy) is 2. The Kier molecular flexibility index (Phi) is 7.30. The van der Waals surface area contributed by atoms with Gasteiger partial charge in [0.05, 0.1) is 25.7 Å². The lowest BCUT2D eigenvalue weighted by Gasteiger charge is -2.27. The Hall–Kier alpha value is -0.690. The fourth-order valence-electron chi connectivity index (χ4n) is 2.17. The summed E-state index contributed by atoms with van der Waals surface area (Å²) in [4.78, 5) is 16.4. The fourth-order valence-corrected chi connectivity index (χ4v) is 2.17. The highest BCUT2D eigenvalue weighted by molar-refractivity contribution is 5.80. The molecule has 1 saturated heterocycles. The van der Waals surface area contributed by atoms with Crippen molar-refractivity contribution >= 4 is 5.91 Å². The van der Waals surface area contributed by atoms with Crippen molar-refractivity contribution in [3.63, 3.8) is 0 Å². The molecule has 1 aliphatic heterocycles. The molecular formula is C13H27N3O3. The molecule has 19 heavy (non-hydrogen) atoms. The molecule has 0 aromatic heterocycles. The second kappa shape index (κ2) is 8.47. The molecule has 1 heterocycles. The normalized spacial score (nSPS) is 23.0. The highest BCUT2D eigenvalue weighted by atomic mass is 16.5. The van der Waals surface area contributed by atoms with E-state index in [0.717, 1.165) is 19.5 Å². The van der Waals surface area contributed by atoms with Gasteiger partial charge in [0.2, 0.25) is 5.91 Å². The van der Waals surface area contributed by atoms with E-state index in [2.05, 4.69) is 4.90 Å². The lowest BCUT2D eigenvalue weighted by Crippen LogP contribution is -2.45. The highest BCUT2D eigenvalue weighted by Crippen LogP contribution is 2.15. The Morgan fingerprint density at radius 2 is 2.05 bits per heavy atom. The van der Waals surface area contributed by atoms with Gasteiger partial charge in [-0.1, -0.05) is 0 Å². The number of amides is 1. The van der Waals surface area contributed by atoms with Crippen LogP contribution in [0.25, 0.3) is 0 Å². The van der Waals surface area contributed by atoms with E-state index in [1.165, 1.54) is 0 Å². The minimum absolute atomic E-state index is 0.0980. The van der Waals surface area contributed by atoms with E-state index in [9.17, 15) is 4.79 Å². The van der Waals surface area contributed by atoms with Crippen molar-refractivity contribution in [1.29, 1.82) is 0 Å². The van der Waals surface area contributed by atoms with Gasteiger partial charge in [0, 0.05) is 26.2 Å². The molecule has 2 N–H and O–H groups in total. The van der Waals surface area contributed by atoms with Crippen molar-refractivity contribution in [2.45, 2.75) is 12.5 Å². The molecule has 1 fully saturated rings. The van der Waals surface area contributed by atoms with Gasteiger partial charge in [0.25, 0.3) is 0 Å². The summed E-state index contributed by atoms with van der Waals surface area (Å²) in [6.07, 6.45) is 0.950. The molecular weight excluding hydrogens is 246 g/mol. The first kappa shape index (κ1) is 16.4. The molecule has 0 saturated carbocycles. The summed E-state index contributed by atoms with van der Waals surface area (Å²) in [6, 6.07) is -0.175. The first-order valence-electron chi connectivity index (χ1n) is 6.82. The topological polar surface area (TPSA) is 68.0 Å². The minimum Gasteiger partial charge on any atom is -0.383 e. The monoisotopic (exact) mass is 273 g/mol. The third-order valence-electron chi connectivity index (χ3n) is 3.35. The van der Waals surface area contributed by atoms with Crippen molar-refractivity contribution in [1.82, 2.24) is 9.80 Å². The van der Waals surface area contributed by atoms with E-state index in [0.29, 0.717) is 26.4 Å². The van der Waals surface area contributed by atoms with Crippen LogP contribution < -0.4 is 5.73 Å². The summed E-state index contributed by atoms with van der Waals surface area (Å²) in [5.41, 5.74) is 5.91. The number of hydrogen-bond acceptors (Lipinski definition) is 5. The second-order valence-corrected chi connectivity index (χ2v) is 5.28. The number of nitrogens with zero attached hydrogens (tertiary/aromatic N) is 2. The molecule has 0 aliphatic carbocycles. The standard InChI is InChI=1S/C13H27N3O3/c1-15(2)5-4-6-16(7-8-18-3)13(17)11-9-19-10-12(11)14/h11-12H,4-10,14H2,1-3H3. The Bertz CT molecular complexity index is 274. The zero-order chi connectivity index (χ0) is 14.3. The first-order valence-corrected chi connectivity index (χ1v) is 6.82. The van der Waals surface area contributed by atoms with Gasteiger partial charge in [-0.05, 0) is 27.1 Å². The summed E-state index contributed by atoms with van der Waals surface area (Å²) in [5.74, 6) is -0.1000. The van der Waals surface area contributed by atoms with Crippen LogP contribution in [0.15, 0.2) is 0 Å². The largest absolute Gasteiger partial charge is 0.383 e. The maximum atomic E-state index is 12.4. The first-order chi connectivity index (χ1) is 9.06. The van der Waals surface area contributed by atoms with Gasteiger partial charge in [-0.3, -0.25) is 4.79 Å². The van der Waals surface area contributed by atoms with E-state index in [4.69, 9.17) is 15.2 Å². The van der Waals surface area contributed by atoms with Gasteiger partial charge >= 0.3 is 0 Å². The van der Waals surface area contributed by atoms with Gasteiger partial charge in [0.1, 0.15) is 0 Å². The summed E-state index contributed by atoms with van der Waals surface area (Å²) in [5, 5.41) is 0. The average molecular weight is 273 g/mol. The molecule has 112 valence electrons. The van der Waals surface area contributed by atoms with Crippen molar-refractivity contribution in [3.8, 4) is 0 Å². The smallest absolute Gasteiger partial charge is 0.229 e. The van der Waals surface area contributed by atoms with Crippen molar-refractivity contribution < 1.29 is 14.3 Å². The third-order valence-corrected chi connectivity index (χ3v) is 3.35. The molecule has 1 rings (SSSR count). The molecule has 1 aliphatic rings. The van der Waals surface area contributed by atoms with Crippen molar-refractivity contribution in [2.24, 2.45) is 11.7 Å². The van der Waals surface area contributed by atoms with Gasteiger partial charge in [0.15, 0.2) is 0 Å². The molecule has 1 amide bonds. The predicted molar refractivity (Wildman–Crippen MR) is 73.9 cm³/mol. The molecule has 6 nitrogen and oxygen atoms in total. The van der Waals surface area contributed by atoms with E-state index < -0.39 is 0 Å². The molecule has 2 unspecified atom stereocenters. The van der Waals surface area contributed by atoms with Crippen LogP contribution in [-0.2, 0) is 14.3 Å². The van der Waals surface area contributed by atoms with Crippen LogP contribution in [0.4, 0.5) is 0 Å². The van der Waals surface area contributed by atoms with Crippen LogP contribution >= 0.6 is 0 Å². The molecule has 0 radical (unpaired) electrons. The maximum absolute atomic E-state index is 12.4. The summed E-state index contributed by atoms with van der Waals surface area (Å²) in [6.45, 7) is 3.79. The summed E-state index contributed by atoms with van der Waals surface area (Å²) >= 11 is 0. The Labute approximate surface area is 115 Å². The number of nitrogens with two attached hydrogens (primary N) is 1. The number of carbonyl (C=O) groups excluding carboxylic acids is 1. The Morgan fingerprint density at radius 1 is 1.32 bits per heavy atom. The summed E-state index contributed by atoms with van der Waals surface area (Å²) < 4.78 is 10.3. The minimum atomic E-state index is -0.198. The van der Waals surface area contributed by atoms with Gasteiger partial charge in [-0.2, -0.15) is 0 Å². The molecule has 2 atom stereocenters. The highest BCUT2D eigenvalue weighted by Gasteiger charge is 2.34. The SMILES string of the molecule is COCCN(CCCN(C)C)C(=O)C1COCC1N. The van der Waals surface area contributed by atoms with Crippen LogP contribution in [0.5, 0.6) is 0 Å². The van der Waals surface area contributed by atoms with E-state index in [-0.39, 0.29) is 17.9 Å². The maximum Gasteiger partial charge on any atom is 0.229 e. The zero-order valence-corrected chi connectivity index (χ0v) is 12.3. The van der Waals surface area contributed by atoms with E-state index in [1.807, 2.05) is 19.0 Å². The quantitative estimate of drug-likeness (QED) is 0.639. The molecule has 0 spiro atoms. The fraction of sp³-hybridized carbons (Fsp3) is 0.923. The van der Waals surface area contributed by atoms with Gasteiger partial charge in [-0.15, -0.1) is 0 Å².